The summed E-state index contributed by atoms with van der Waals surface area (Å²) >= 11 is 0. The lowest BCUT2D eigenvalue weighted by Crippen LogP contribution is -2.07. The lowest BCUT2D eigenvalue weighted by molar-refractivity contribution is 0.569. The van der Waals surface area contributed by atoms with E-state index in [1.54, 1.807) is 6.20 Å². The molecule has 0 spiro atoms. The highest BCUT2D eigenvalue weighted by molar-refractivity contribution is 8.35. The van der Waals surface area contributed by atoms with Gasteiger partial charge in [-0.25, -0.2) is 9.97 Å². The maximum atomic E-state index is 5.52. The van der Waals surface area contributed by atoms with Crippen LogP contribution in [0.15, 0.2) is 76.9 Å². The highest BCUT2D eigenvalue weighted by atomic mass is 32.3. The third-order valence-corrected chi connectivity index (χ3v) is 5.69. The van der Waals surface area contributed by atoms with Gasteiger partial charge in [-0.2, -0.15) is 10.0 Å². The number of hydrogen-bond donors (Lipinski definition) is 0. The fourth-order valence-electron chi connectivity index (χ4n) is 3.58. The van der Waals surface area contributed by atoms with Crippen LogP contribution in [0.4, 0.5) is 0 Å². The minimum atomic E-state index is -0.910. The highest BCUT2D eigenvalue weighted by Crippen LogP contribution is 2.33. The molecule has 0 unspecified atom stereocenters. The maximum Gasteiger partial charge on any atom is 0.181 e. The molecule has 0 fully saturated rings. The summed E-state index contributed by atoms with van der Waals surface area (Å²) in [5.41, 5.74) is 6.83. The lowest BCUT2D eigenvalue weighted by Gasteiger charge is -2.15. The van der Waals surface area contributed by atoms with Crippen molar-refractivity contribution in [3.63, 3.8) is 0 Å². The molecule has 5 rings (SSSR count). The average molecular weight is 427 g/mol. The fourth-order valence-corrected chi connectivity index (χ4v) is 4.00. The minimum absolute atomic E-state index is 0.488. The van der Waals surface area contributed by atoms with Crippen LogP contribution in [0.2, 0.25) is 0 Å². The normalized spacial score (nSPS) is 13.3. The predicted molar refractivity (Wildman–Crippen MR) is 127 cm³/mol. The van der Waals surface area contributed by atoms with Crippen molar-refractivity contribution in [1.82, 2.24) is 14.5 Å². The van der Waals surface area contributed by atoms with Gasteiger partial charge in [0.15, 0.2) is 12.2 Å². The van der Waals surface area contributed by atoms with Crippen LogP contribution in [0.1, 0.15) is 22.4 Å². The van der Waals surface area contributed by atoms with Crippen molar-refractivity contribution < 1.29 is 4.42 Å². The van der Waals surface area contributed by atoms with Gasteiger partial charge in [-0.3, -0.25) is 9.56 Å². The summed E-state index contributed by atoms with van der Waals surface area (Å²) in [5.74, 6) is 4.01. The Labute approximate surface area is 183 Å². The van der Waals surface area contributed by atoms with E-state index < -0.39 is 10.0 Å². The van der Waals surface area contributed by atoms with Gasteiger partial charge in [-0.1, -0.05) is 36.3 Å². The molecule has 5 nitrogen and oxygen atoms in total. The molecule has 0 saturated carbocycles. The van der Waals surface area contributed by atoms with Gasteiger partial charge in [-0.15, -0.1) is 0 Å². The Morgan fingerprint density at radius 1 is 1.06 bits per heavy atom. The maximum absolute atomic E-state index is 5.52. The third kappa shape index (κ3) is 3.80. The Bertz CT molecular complexity index is 1330. The third-order valence-electron chi connectivity index (χ3n) is 4.98. The van der Waals surface area contributed by atoms with Crippen molar-refractivity contribution in [1.29, 1.82) is 0 Å². The average Bonchev–Trinajstić information content (AvgIpc) is 3.40. The molecule has 0 aliphatic carbocycles. The van der Waals surface area contributed by atoms with E-state index >= 15 is 0 Å². The van der Waals surface area contributed by atoms with Crippen molar-refractivity contribution in [2.45, 2.75) is 6.54 Å². The van der Waals surface area contributed by atoms with Gasteiger partial charge in [0.1, 0.15) is 12.0 Å². The first-order valence-electron chi connectivity index (χ1n) is 9.90. The second-order valence-electron chi connectivity index (χ2n) is 8.10. The Morgan fingerprint density at radius 2 is 1.90 bits per heavy atom. The lowest BCUT2D eigenvalue weighted by atomic mass is 9.98. The molecule has 0 amide bonds. The summed E-state index contributed by atoms with van der Waals surface area (Å²) < 4.78 is 7.61. The number of hydrogen-bond acceptors (Lipinski definition) is 4. The quantitative estimate of drug-likeness (QED) is 0.429. The van der Waals surface area contributed by atoms with Crippen LogP contribution in [0.3, 0.4) is 0 Å². The number of aromatic nitrogens is 3. The Hall–Kier alpha value is -3.56. The monoisotopic (exact) mass is 426 g/mol. The molecular weight excluding hydrogens is 404 g/mol. The second kappa shape index (κ2) is 7.60. The molecule has 0 bridgehead atoms. The highest BCUT2D eigenvalue weighted by Gasteiger charge is 2.23. The van der Waals surface area contributed by atoms with Crippen molar-refractivity contribution >= 4 is 15.7 Å². The first-order chi connectivity index (χ1) is 15.0. The van der Waals surface area contributed by atoms with Gasteiger partial charge in [0.2, 0.25) is 0 Å². The fraction of sp³-hybridized carbons (Fsp3) is 0.160. The van der Waals surface area contributed by atoms with Crippen molar-refractivity contribution in [3.05, 3.63) is 89.8 Å². The zero-order chi connectivity index (χ0) is 21.4. The molecule has 0 saturated heterocycles. The van der Waals surface area contributed by atoms with Crippen LogP contribution in [0.5, 0.6) is 0 Å². The number of benzene rings is 2. The van der Waals surface area contributed by atoms with Gasteiger partial charge < -0.3 is 4.42 Å². The van der Waals surface area contributed by atoms with Gasteiger partial charge in [0.05, 0.1) is 29.8 Å². The summed E-state index contributed by atoms with van der Waals surface area (Å²) in [4.78, 5) is 13.7. The summed E-state index contributed by atoms with van der Waals surface area (Å²) in [5, 5.41) is 3.41. The molecule has 1 aliphatic heterocycles. The molecule has 154 valence electrons. The summed E-state index contributed by atoms with van der Waals surface area (Å²) in [7, 11) is -0.910. The molecule has 0 radical (unpaired) electrons. The Morgan fingerprint density at radius 3 is 2.65 bits per heavy atom. The zero-order valence-corrected chi connectivity index (χ0v) is 18.5. The number of fused-ring (bicyclic) bond motifs is 3. The van der Waals surface area contributed by atoms with Crippen molar-refractivity contribution in [2.75, 3.05) is 18.8 Å². The van der Waals surface area contributed by atoms with Gasteiger partial charge in [-0.05, 0) is 42.2 Å². The van der Waals surface area contributed by atoms with E-state index in [2.05, 4.69) is 74.8 Å². The van der Waals surface area contributed by atoms with Crippen LogP contribution >= 0.6 is 10.0 Å². The SMILES string of the molecule is CS(C)(C)C#Cc1ccc2c(c1)C(c1ccccc1)=NCc1c(-c3cnco3)ncn1-2. The smallest absolute Gasteiger partial charge is 0.181 e. The predicted octanol–water partition coefficient (Wildman–Crippen LogP) is 4.88. The van der Waals surface area contributed by atoms with E-state index in [0.717, 1.165) is 39.5 Å². The van der Waals surface area contributed by atoms with Crippen LogP contribution < -0.4 is 0 Å². The summed E-state index contributed by atoms with van der Waals surface area (Å²) in [6, 6.07) is 16.6. The van der Waals surface area contributed by atoms with Crippen molar-refractivity contribution in [2.24, 2.45) is 4.99 Å². The molecule has 4 aromatic rings. The zero-order valence-electron chi connectivity index (χ0n) is 17.7. The molecule has 3 heterocycles. The number of imidazole rings is 1. The largest absolute Gasteiger partial charge is 0.442 e. The van der Waals surface area contributed by atoms with Crippen LogP contribution in [0.25, 0.3) is 17.1 Å². The van der Waals surface area contributed by atoms with Crippen LogP contribution in [-0.2, 0) is 6.54 Å². The van der Waals surface area contributed by atoms with Gasteiger partial charge in [0, 0.05) is 16.7 Å². The molecule has 31 heavy (non-hydrogen) atoms. The Balaban J connectivity index is 1.71. The molecule has 6 heteroatoms. The number of rotatable bonds is 2. The first-order valence-corrected chi connectivity index (χ1v) is 12.8. The van der Waals surface area contributed by atoms with E-state index in [1.807, 2.05) is 24.5 Å². The topological polar surface area (TPSA) is 56.2 Å². The molecule has 0 atom stereocenters. The summed E-state index contributed by atoms with van der Waals surface area (Å²) in [6.45, 7) is 0.488. The van der Waals surface area contributed by atoms with E-state index in [9.17, 15) is 0 Å². The van der Waals surface area contributed by atoms with Gasteiger partial charge >= 0.3 is 0 Å². The molecular formula is C25H22N4OS. The number of oxazole rings is 1. The van der Waals surface area contributed by atoms with E-state index in [-0.39, 0.29) is 0 Å². The number of aliphatic imine (C=N–C) groups is 1. The molecule has 1 aliphatic rings. The Kier molecular flexibility index (Phi) is 4.76. The van der Waals surface area contributed by atoms with E-state index in [1.165, 1.54) is 6.39 Å². The van der Waals surface area contributed by atoms with Crippen molar-refractivity contribution in [3.8, 4) is 28.3 Å². The molecule has 2 aromatic heterocycles. The summed E-state index contributed by atoms with van der Waals surface area (Å²) in [6.07, 6.45) is 11.5. The van der Waals surface area contributed by atoms with Crippen LogP contribution in [0, 0.1) is 11.2 Å². The number of nitrogens with zero attached hydrogens (tertiary/aromatic N) is 4. The van der Waals surface area contributed by atoms with E-state index in [0.29, 0.717) is 12.3 Å². The van der Waals surface area contributed by atoms with Crippen LogP contribution in [-0.4, -0.2) is 39.0 Å². The first kappa shape index (κ1) is 19.4. The minimum Gasteiger partial charge on any atom is -0.442 e. The molecule has 2 aromatic carbocycles. The standard InChI is InChI=1S/C25H22N4OS/c1-31(2,3)12-11-18-9-10-21-20(13-18)24(19-7-5-4-6-8-19)27-14-22-25(28-16-29(21)22)23-15-26-17-30-23/h4-10,13,15-17H,14H2,1-3H3. The van der Waals surface area contributed by atoms with Gasteiger partial charge in [0.25, 0.3) is 0 Å². The molecule has 0 N–H and O–H groups in total. The van der Waals surface area contributed by atoms with E-state index in [4.69, 9.17) is 9.41 Å². The second-order valence-corrected chi connectivity index (χ2v) is 12.0.